The fourth-order valence-electron chi connectivity index (χ4n) is 6.94. The molecule has 6 rings (SSSR count). The van der Waals surface area contributed by atoms with Crippen molar-refractivity contribution in [1.29, 1.82) is 0 Å². The minimum absolute atomic E-state index is 0.155. The number of rotatable bonds is 5. The van der Waals surface area contributed by atoms with E-state index in [-0.39, 0.29) is 29.9 Å². The second-order valence-corrected chi connectivity index (χ2v) is 11.0. The number of carbonyl (C=O) groups excluding carboxylic acids is 2. The van der Waals surface area contributed by atoms with Gasteiger partial charge in [0, 0.05) is 10.9 Å². The van der Waals surface area contributed by atoms with Gasteiger partial charge in [0.05, 0.1) is 0 Å². The minimum atomic E-state index is -0.350. The summed E-state index contributed by atoms with van der Waals surface area (Å²) in [5, 5.41) is 3.18. The number of amides is 1. The first-order valence-corrected chi connectivity index (χ1v) is 11.9. The number of hydrogen-bond donors (Lipinski definition) is 1. The quantitative estimate of drug-likeness (QED) is 0.739. The highest BCUT2D eigenvalue weighted by Gasteiger charge is 2.53. The van der Waals surface area contributed by atoms with Crippen LogP contribution in [0.3, 0.4) is 0 Å². The average molecular weight is 402 g/mol. The molecule has 1 aromatic heterocycles. The molecule has 1 atom stereocenters. The van der Waals surface area contributed by atoms with Crippen LogP contribution < -0.4 is 5.32 Å². The molecule has 4 bridgehead atoms. The van der Waals surface area contributed by atoms with E-state index in [1.165, 1.54) is 61.8 Å². The van der Waals surface area contributed by atoms with Crippen LogP contribution in [0.5, 0.6) is 0 Å². The molecule has 1 aromatic rings. The first-order valence-electron chi connectivity index (χ1n) is 11.1. The third-order valence-corrected chi connectivity index (χ3v) is 9.13. The van der Waals surface area contributed by atoms with Crippen LogP contribution in [0.2, 0.25) is 0 Å². The standard InChI is InChI=1S/C23H31NO3S/c1-14(23-10-15-6-16(11-23)8-17(7-15)12-23)24-21(25)13-27-22(26)20-9-18-4-2-3-5-19(18)28-20/h9,14-17H,2-8,10-13H2,1H3,(H,24,25). The highest BCUT2D eigenvalue weighted by atomic mass is 32.1. The lowest BCUT2D eigenvalue weighted by Crippen LogP contribution is -2.56. The van der Waals surface area contributed by atoms with Crippen LogP contribution in [-0.4, -0.2) is 24.5 Å². The maximum Gasteiger partial charge on any atom is 0.348 e. The molecule has 1 amide bonds. The Morgan fingerprint density at radius 2 is 1.79 bits per heavy atom. The molecule has 4 fully saturated rings. The summed E-state index contributed by atoms with van der Waals surface area (Å²) in [4.78, 5) is 26.8. The molecule has 152 valence electrons. The molecule has 28 heavy (non-hydrogen) atoms. The zero-order chi connectivity index (χ0) is 19.3. The summed E-state index contributed by atoms with van der Waals surface area (Å²) >= 11 is 1.54. The smallest absolute Gasteiger partial charge is 0.348 e. The normalized spacial score (nSPS) is 34.0. The summed E-state index contributed by atoms with van der Waals surface area (Å²) in [7, 11) is 0. The van der Waals surface area contributed by atoms with Crippen LogP contribution in [0.1, 0.15) is 78.4 Å². The Labute approximate surface area is 171 Å². The highest BCUT2D eigenvalue weighted by molar-refractivity contribution is 7.14. The van der Waals surface area contributed by atoms with Crippen molar-refractivity contribution in [3.63, 3.8) is 0 Å². The molecule has 5 heteroatoms. The summed E-state index contributed by atoms with van der Waals surface area (Å²) in [5.74, 6) is 2.10. The molecule has 0 saturated heterocycles. The van der Waals surface area contributed by atoms with Crippen LogP contribution in [0.25, 0.3) is 0 Å². The number of aryl methyl sites for hydroxylation is 2. The van der Waals surface area contributed by atoms with Crippen molar-refractivity contribution in [3.05, 3.63) is 21.4 Å². The lowest BCUT2D eigenvalue weighted by Gasteiger charge is -2.59. The molecule has 1 heterocycles. The van der Waals surface area contributed by atoms with Gasteiger partial charge in [-0.25, -0.2) is 4.79 Å². The van der Waals surface area contributed by atoms with Crippen molar-refractivity contribution >= 4 is 23.2 Å². The molecule has 0 radical (unpaired) electrons. The highest BCUT2D eigenvalue weighted by Crippen LogP contribution is 2.61. The Kier molecular flexibility index (Phi) is 4.77. The van der Waals surface area contributed by atoms with E-state index in [1.807, 2.05) is 6.07 Å². The van der Waals surface area contributed by atoms with E-state index in [2.05, 4.69) is 12.2 Å². The SMILES string of the molecule is CC(NC(=O)COC(=O)c1cc2c(s1)CCCC2)C12CC3CC(CC(C3)C1)C2. The summed E-state index contributed by atoms with van der Waals surface area (Å²) in [6, 6.07) is 2.14. The van der Waals surface area contributed by atoms with Gasteiger partial charge < -0.3 is 10.1 Å². The van der Waals surface area contributed by atoms with E-state index < -0.39 is 0 Å². The van der Waals surface area contributed by atoms with Crippen LogP contribution >= 0.6 is 11.3 Å². The molecule has 1 N–H and O–H groups in total. The molecule has 4 saturated carbocycles. The second-order valence-electron chi connectivity index (χ2n) is 9.91. The molecular weight excluding hydrogens is 370 g/mol. The van der Waals surface area contributed by atoms with E-state index in [0.29, 0.717) is 4.88 Å². The topological polar surface area (TPSA) is 55.4 Å². The van der Waals surface area contributed by atoms with Gasteiger partial charge in [-0.1, -0.05) is 0 Å². The molecule has 0 aromatic carbocycles. The lowest BCUT2D eigenvalue weighted by atomic mass is 9.48. The Hall–Kier alpha value is -1.36. The molecule has 5 aliphatic carbocycles. The van der Waals surface area contributed by atoms with Crippen LogP contribution in [0.15, 0.2) is 6.07 Å². The Morgan fingerprint density at radius 1 is 1.14 bits per heavy atom. The van der Waals surface area contributed by atoms with Gasteiger partial charge in [-0.15, -0.1) is 11.3 Å². The Bertz CT molecular complexity index is 724. The van der Waals surface area contributed by atoms with E-state index in [4.69, 9.17) is 4.74 Å². The Morgan fingerprint density at radius 3 is 2.43 bits per heavy atom. The van der Waals surface area contributed by atoms with Crippen LogP contribution in [0.4, 0.5) is 0 Å². The van der Waals surface area contributed by atoms with Gasteiger partial charge in [-0.3, -0.25) is 4.79 Å². The van der Waals surface area contributed by atoms with Gasteiger partial charge in [-0.2, -0.15) is 0 Å². The molecular formula is C23H31NO3S. The van der Waals surface area contributed by atoms with Crippen LogP contribution in [-0.2, 0) is 22.4 Å². The molecule has 0 spiro atoms. The molecule has 5 aliphatic rings. The second kappa shape index (κ2) is 7.16. The Balaban J connectivity index is 1.15. The van der Waals surface area contributed by atoms with E-state index in [0.717, 1.165) is 30.6 Å². The van der Waals surface area contributed by atoms with Gasteiger partial charge in [-0.05, 0) is 106 Å². The predicted molar refractivity (Wildman–Crippen MR) is 109 cm³/mol. The van der Waals surface area contributed by atoms with Crippen molar-refractivity contribution in [2.24, 2.45) is 23.2 Å². The number of fused-ring (bicyclic) bond motifs is 1. The van der Waals surface area contributed by atoms with E-state index >= 15 is 0 Å². The van der Waals surface area contributed by atoms with Crippen LogP contribution in [0, 0.1) is 23.2 Å². The number of thiophene rings is 1. The van der Waals surface area contributed by atoms with Crippen molar-refractivity contribution in [3.8, 4) is 0 Å². The molecule has 0 aliphatic heterocycles. The summed E-state index contributed by atoms with van der Waals surface area (Å²) < 4.78 is 5.35. The molecule has 1 unspecified atom stereocenters. The van der Waals surface area contributed by atoms with Crippen molar-refractivity contribution in [1.82, 2.24) is 5.32 Å². The van der Waals surface area contributed by atoms with Crippen molar-refractivity contribution in [2.45, 2.75) is 77.2 Å². The first-order chi connectivity index (χ1) is 13.5. The third kappa shape index (κ3) is 3.40. The number of hydrogen-bond acceptors (Lipinski definition) is 4. The van der Waals surface area contributed by atoms with Crippen molar-refractivity contribution < 1.29 is 14.3 Å². The monoisotopic (exact) mass is 401 g/mol. The van der Waals surface area contributed by atoms with Gasteiger partial charge in [0.25, 0.3) is 5.91 Å². The summed E-state index contributed by atoms with van der Waals surface area (Å²) in [6.07, 6.45) is 12.5. The maximum absolute atomic E-state index is 12.5. The molecule has 4 nitrogen and oxygen atoms in total. The van der Waals surface area contributed by atoms with Gasteiger partial charge >= 0.3 is 5.97 Å². The zero-order valence-corrected chi connectivity index (χ0v) is 17.6. The van der Waals surface area contributed by atoms with Crippen molar-refractivity contribution in [2.75, 3.05) is 6.61 Å². The number of esters is 1. The third-order valence-electron chi connectivity index (χ3n) is 7.91. The number of ether oxygens (including phenoxy) is 1. The first kappa shape index (κ1) is 18.7. The fourth-order valence-corrected chi connectivity index (χ4v) is 8.09. The number of nitrogens with one attached hydrogen (secondary N) is 1. The summed E-state index contributed by atoms with van der Waals surface area (Å²) in [6.45, 7) is 2.00. The number of carbonyl (C=O) groups is 2. The largest absolute Gasteiger partial charge is 0.451 e. The minimum Gasteiger partial charge on any atom is -0.451 e. The van der Waals surface area contributed by atoms with Gasteiger partial charge in [0.2, 0.25) is 0 Å². The van der Waals surface area contributed by atoms with E-state index in [1.54, 1.807) is 11.3 Å². The maximum atomic E-state index is 12.5. The van der Waals surface area contributed by atoms with Gasteiger partial charge in [0.1, 0.15) is 4.88 Å². The fraction of sp³-hybridized carbons (Fsp3) is 0.739. The average Bonchev–Trinajstić information content (AvgIpc) is 3.09. The predicted octanol–water partition coefficient (Wildman–Crippen LogP) is 4.50. The zero-order valence-electron chi connectivity index (χ0n) is 16.8. The van der Waals surface area contributed by atoms with Gasteiger partial charge in [0.15, 0.2) is 6.61 Å². The van der Waals surface area contributed by atoms with E-state index in [9.17, 15) is 9.59 Å². The summed E-state index contributed by atoms with van der Waals surface area (Å²) in [5.41, 5.74) is 1.57. The lowest BCUT2D eigenvalue weighted by molar-refractivity contribution is -0.128.